The number of amides is 1. The van der Waals surface area contributed by atoms with Crippen molar-refractivity contribution >= 4 is 28.9 Å². The summed E-state index contributed by atoms with van der Waals surface area (Å²) in [6.45, 7) is 2.10. The smallest absolute Gasteiger partial charge is 0.251 e. The van der Waals surface area contributed by atoms with E-state index in [0.717, 1.165) is 33.5 Å². The van der Waals surface area contributed by atoms with Crippen LogP contribution in [0.3, 0.4) is 0 Å². The first-order valence-corrected chi connectivity index (χ1v) is 11.9. The first-order chi connectivity index (χ1) is 16.9. The van der Waals surface area contributed by atoms with Gasteiger partial charge in [0.2, 0.25) is 0 Å². The monoisotopic (exact) mass is 480 g/mol. The van der Waals surface area contributed by atoms with Crippen LogP contribution in [-0.2, 0) is 11.2 Å². The van der Waals surface area contributed by atoms with Gasteiger partial charge in [-0.15, -0.1) is 0 Å². The predicted octanol–water partition coefficient (Wildman–Crippen LogP) is 6.45. The lowest BCUT2D eigenvalue weighted by atomic mass is 9.92. The Morgan fingerprint density at radius 2 is 1.57 bits per heavy atom. The molecule has 0 bridgehead atoms. The Morgan fingerprint density at radius 3 is 2.31 bits per heavy atom. The van der Waals surface area contributed by atoms with E-state index in [1.54, 1.807) is 30.1 Å². The fourth-order valence-electron chi connectivity index (χ4n) is 4.64. The first-order valence-electron chi connectivity index (χ1n) is 11.5. The number of phenols is 1. The van der Waals surface area contributed by atoms with Gasteiger partial charge in [0.05, 0.1) is 11.4 Å². The van der Waals surface area contributed by atoms with Crippen LogP contribution in [0.25, 0.3) is 11.1 Å². The first kappa shape index (κ1) is 22.9. The third-order valence-electron chi connectivity index (χ3n) is 6.48. The number of aliphatic imine (C=N–C) groups is 1. The number of benzene rings is 4. The minimum atomic E-state index is -0.625. The van der Waals surface area contributed by atoms with E-state index in [1.807, 2.05) is 48.5 Å². The standard InChI is InChI=1S/C30H25ClN2O2/c1-19-7-3-5-9-24(19)25-10-6-4-8-21(25)17-27-30(35)33(2)28-16-13-22(31)18-26(28)29(32-27)20-11-14-23(34)15-12-20/h3-16,18,27,34H,17H2,1-2H3. The second-order valence-corrected chi connectivity index (χ2v) is 9.21. The van der Waals surface area contributed by atoms with E-state index in [4.69, 9.17) is 16.6 Å². The van der Waals surface area contributed by atoms with Gasteiger partial charge < -0.3 is 10.0 Å². The molecule has 5 rings (SSSR count). The summed E-state index contributed by atoms with van der Waals surface area (Å²) in [7, 11) is 1.78. The molecule has 0 fully saturated rings. The molecular weight excluding hydrogens is 456 g/mol. The highest BCUT2D eigenvalue weighted by molar-refractivity contribution is 6.32. The van der Waals surface area contributed by atoms with Gasteiger partial charge in [0.25, 0.3) is 5.91 Å². The fraction of sp³-hybridized carbons (Fsp3) is 0.133. The Bertz CT molecular complexity index is 1440. The van der Waals surface area contributed by atoms with Crippen molar-refractivity contribution in [3.8, 4) is 16.9 Å². The van der Waals surface area contributed by atoms with Crippen LogP contribution in [0.1, 0.15) is 22.3 Å². The van der Waals surface area contributed by atoms with Crippen LogP contribution in [0.4, 0.5) is 5.69 Å². The molecule has 4 nitrogen and oxygen atoms in total. The summed E-state index contributed by atoms with van der Waals surface area (Å²) in [5.74, 6) is 0.0909. The minimum absolute atomic E-state index is 0.0815. The van der Waals surface area contributed by atoms with Crippen molar-refractivity contribution in [2.75, 3.05) is 11.9 Å². The number of phenolic OH excluding ortho intramolecular Hbond substituents is 1. The van der Waals surface area contributed by atoms with Crippen LogP contribution in [-0.4, -0.2) is 29.8 Å². The van der Waals surface area contributed by atoms with Crippen LogP contribution in [0, 0.1) is 6.92 Å². The molecular formula is C30H25ClN2O2. The summed E-state index contributed by atoms with van der Waals surface area (Å²) < 4.78 is 0. The second kappa shape index (κ2) is 9.40. The molecule has 1 unspecified atom stereocenters. The third kappa shape index (κ3) is 4.45. The molecule has 1 aliphatic rings. The zero-order valence-corrected chi connectivity index (χ0v) is 20.3. The number of likely N-dealkylation sites (N-methyl/N-ethyl adjacent to an activating group) is 1. The lowest BCUT2D eigenvalue weighted by Crippen LogP contribution is -2.36. The average molecular weight is 481 g/mol. The van der Waals surface area contributed by atoms with Crippen molar-refractivity contribution in [3.05, 3.63) is 118 Å². The zero-order valence-electron chi connectivity index (χ0n) is 19.6. The van der Waals surface area contributed by atoms with Gasteiger partial charge in [-0.2, -0.15) is 0 Å². The number of aromatic hydroxyl groups is 1. The van der Waals surface area contributed by atoms with Gasteiger partial charge in [-0.05, 0) is 71.6 Å². The highest BCUT2D eigenvalue weighted by Gasteiger charge is 2.31. The van der Waals surface area contributed by atoms with Crippen LogP contribution < -0.4 is 4.90 Å². The molecule has 4 aromatic carbocycles. The van der Waals surface area contributed by atoms with Gasteiger partial charge in [-0.1, -0.05) is 60.1 Å². The van der Waals surface area contributed by atoms with E-state index in [0.29, 0.717) is 17.2 Å². The molecule has 0 radical (unpaired) electrons. The van der Waals surface area contributed by atoms with Crippen molar-refractivity contribution in [3.63, 3.8) is 0 Å². The Labute approximate surface area is 210 Å². The van der Waals surface area contributed by atoms with Crippen molar-refractivity contribution in [2.24, 2.45) is 4.99 Å². The highest BCUT2D eigenvalue weighted by atomic mass is 35.5. The highest BCUT2D eigenvalue weighted by Crippen LogP contribution is 2.33. The number of anilines is 1. The molecule has 0 saturated heterocycles. The van der Waals surface area contributed by atoms with Crippen molar-refractivity contribution in [1.29, 1.82) is 0 Å². The molecule has 0 aliphatic carbocycles. The summed E-state index contributed by atoms with van der Waals surface area (Å²) in [5, 5.41) is 10.4. The van der Waals surface area contributed by atoms with Crippen molar-refractivity contribution < 1.29 is 9.90 Å². The number of rotatable bonds is 4. The molecule has 174 valence electrons. The summed E-state index contributed by atoms with van der Waals surface area (Å²) in [4.78, 5) is 20.4. The van der Waals surface area contributed by atoms with Gasteiger partial charge in [-0.25, -0.2) is 0 Å². The number of fused-ring (bicyclic) bond motifs is 1. The molecule has 0 saturated carbocycles. The normalized spacial score (nSPS) is 15.4. The number of benzodiazepines with no additional fused rings is 1. The van der Waals surface area contributed by atoms with Crippen LogP contribution in [0.15, 0.2) is 96.0 Å². The summed E-state index contributed by atoms with van der Waals surface area (Å²) in [5.41, 5.74) is 7.52. The largest absolute Gasteiger partial charge is 0.508 e. The molecule has 5 heteroatoms. The Balaban J connectivity index is 1.64. The molecule has 4 aromatic rings. The Kier molecular flexibility index (Phi) is 6.14. The number of carbonyl (C=O) groups is 1. The molecule has 1 atom stereocenters. The maximum Gasteiger partial charge on any atom is 0.251 e. The maximum atomic E-state index is 13.7. The average Bonchev–Trinajstić information content (AvgIpc) is 2.96. The molecule has 0 spiro atoms. The van der Waals surface area contributed by atoms with E-state index in [-0.39, 0.29) is 11.7 Å². The molecule has 1 amide bonds. The summed E-state index contributed by atoms with van der Waals surface area (Å²) in [6.07, 6.45) is 0.455. The van der Waals surface area contributed by atoms with Crippen LogP contribution in [0.2, 0.25) is 5.02 Å². The number of nitrogens with zero attached hydrogens (tertiary/aromatic N) is 2. The Morgan fingerprint density at radius 1 is 0.886 bits per heavy atom. The Hall–Kier alpha value is -3.89. The number of carbonyl (C=O) groups excluding carboxylic acids is 1. The van der Waals surface area contributed by atoms with Gasteiger partial charge >= 0.3 is 0 Å². The molecule has 0 aromatic heterocycles. The van der Waals surface area contributed by atoms with Gasteiger partial charge in [0.1, 0.15) is 11.8 Å². The van der Waals surface area contributed by atoms with Crippen LogP contribution in [0.5, 0.6) is 5.75 Å². The quantitative estimate of drug-likeness (QED) is 0.365. The SMILES string of the molecule is Cc1ccccc1-c1ccccc1CC1N=C(c2ccc(O)cc2)c2cc(Cl)ccc2N(C)C1=O. The fourth-order valence-corrected chi connectivity index (χ4v) is 4.81. The number of hydrogen-bond donors (Lipinski definition) is 1. The topological polar surface area (TPSA) is 52.9 Å². The predicted molar refractivity (Wildman–Crippen MR) is 143 cm³/mol. The van der Waals surface area contributed by atoms with E-state index in [2.05, 4.69) is 31.2 Å². The summed E-state index contributed by atoms with van der Waals surface area (Å²) in [6, 6.07) is 28.2. The lowest BCUT2D eigenvalue weighted by molar-refractivity contribution is -0.119. The van der Waals surface area contributed by atoms with E-state index < -0.39 is 6.04 Å². The minimum Gasteiger partial charge on any atom is -0.508 e. The van der Waals surface area contributed by atoms with Crippen LogP contribution >= 0.6 is 11.6 Å². The van der Waals surface area contributed by atoms with Gasteiger partial charge in [-0.3, -0.25) is 9.79 Å². The summed E-state index contributed by atoms with van der Waals surface area (Å²) >= 11 is 6.36. The number of hydrogen-bond acceptors (Lipinski definition) is 3. The van der Waals surface area contributed by atoms with Gasteiger partial charge in [0.15, 0.2) is 0 Å². The van der Waals surface area contributed by atoms with E-state index in [1.165, 1.54) is 5.56 Å². The number of aryl methyl sites for hydroxylation is 1. The zero-order chi connectivity index (χ0) is 24.5. The molecule has 1 N–H and O–H groups in total. The second-order valence-electron chi connectivity index (χ2n) is 8.78. The van der Waals surface area contributed by atoms with Gasteiger partial charge in [0, 0.05) is 29.6 Å². The van der Waals surface area contributed by atoms with Crippen molar-refractivity contribution in [1.82, 2.24) is 0 Å². The third-order valence-corrected chi connectivity index (χ3v) is 6.72. The van der Waals surface area contributed by atoms with Crippen molar-refractivity contribution in [2.45, 2.75) is 19.4 Å². The molecule has 35 heavy (non-hydrogen) atoms. The van der Waals surface area contributed by atoms with E-state index >= 15 is 0 Å². The maximum absolute atomic E-state index is 13.7. The van der Waals surface area contributed by atoms with E-state index in [9.17, 15) is 9.90 Å². The lowest BCUT2D eigenvalue weighted by Gasteiger charge is -2.21. The number of halogens is 1. The molecule has 1 aliphatic heterocycles. The molecule has 1 heterocycles.